The molecule has 7 N–H and O–H groups in total. The summed E-state index contributed by atoms with van der Waals surface area (Å²) in [5.74, 6) is -4.68. The Hall–Kier alpha value is -4.32. The average molecular weight is 742 g/mol. The second-order valence-electron chi connectivity index (χ2n) is 12.7. The molecule has 5 amide bonds. The molecule has 1 unspecified atom stereocenters. The number of amides is 5. The first-order valence-electron chi connectivity index (χ1n) is 16.5. The summed E-state index contributed by atoms with van der Waals surface area (Å²) in [6.45, 7) is 8.45. The number of methoxy groups -OCH3 is 1. The molecular formula is C31H50N8O11P+. The van der Waals surface area contributed by atoms with Gasteiger partial charge in [-0.25, -0.2) is 4.98 Å². The minimum absolute atomic E-state index is 0.0540. The van der Waals surface area contributed by atoms with Crippen LogP contribution in [0, 0.1) is 5.92 Å². The molecular weight excluding hydrogens is 691 g/mol. The van der Waals surface area contributed by atoms with Gasteiger partial charge in [-0.1, -0.05) is 18.9 Å². The molecule has 0 aliphatic carbocycles. The summed E-state index contributed by atoms with van der Waals surface area (Å²) < 4.78 is 22.3. The maximum Gasteiger partial charge on any atom is 0.614 e. The molecule has 0 saturated carbocycles. The van der Waals surface area contributed by atoms with Crippen molar-refractivity contribution in [1.82, 2.24) is 41.2 Å². The number of hydrogen-bond acceptors (Lipinski definition) is 12. The predicted molar refractivity (Wildman–Crippen MR) is 180 cm³/mol. The van der Waals surface area contributed by atoms with Gasteiger partial charge in [0.15, 0.2) is 5.78 Å². The Balaban J connectivity index is 2.19. The number of imidazole rings is 1. The van der Waals surface area contributed by atoms with Crippen molar-refractivity contribution in [1.29, 1.82) is 0 Å². The number of rotatable bonds is 20. The van der Waals surface area contributed by atoms with Crippen LogP contribution in [0.25, 0.3) is 0 Å². The van der Waals surface area contributed by atoms with Crippen LogP contribution >= 0.6 is 8.18 Å². The van der Waals surface area contributed by atoms with Crippen LogP contribution in [-0.4, -0.2) is 124 Å². The number of aromatic nitrogens is 2. The van der Waals surface area contributed by atoms with Crippen molar-refractivity contribution < 1.29 is 52.5 Å². The molecule has 1 aromatic rings. The summed E-state index contributed by atoms with van der Waals surface area (Å²) in [4.78, 5) is 97.9. The summed E-state index contributed by atoms with van der Waals surface area (Å²) in [6, 6.07) is -7.12. The van der Waals surface area contributed by atoms with Gasteiger partial charge in [0.2, 0.25) is 29.5 Å². The number of aliphatic hydroxyl groups is 1. The van der Waals surface area contributed by atoms with Gasteiger partial charge < -0.3 is 41.0 Å². The van der Waals surface area contributed by atoms with E-state index in [1.54, 1.807) is 0 Å². The number of Topliss-reactive ketones (excluding diaryl/α,β-unsaturated/α-hetero) is 1. The molecule has 19 nitrogen and oxygen atoms in total. The van der Waals surface area contributed by atoms with Crippen LogP contribution in [0.3, 0.4) is 0 Å². The van der Waals surface area contributed by atoms with Crippen LogP contribution in [0.15, 0.2) is 12.5 Å². The number of aromatic amines is 1. The Kier molecular flexibility index (Phi) is 17.2. The molecule has 1 saturated heterocycles. The number of nitrogens with one attached hydrogen (secondary N) is 6. The van der Waals surface area contributed by atoms with E-state index < -0.39 is 92.5 Å². The molecule has 20 heteroatoms. The molecule has 1 aliphatic rings. The van der Waals surface area contributed by atoms with Crippen molar-refractivity contribution in [2.24, 2.45) is 5.92 Å². The third kappa shape index (κ3) is 13.4. The molecule has 0 bridgehead atoms. The second kappa shape index (κ2) is 20.5. The molecule has 51 heavy (non-hydrogen) atoms. The summed E-state index contributed by atoms with van der Waals surface area (Å²) in [5.41, 5.74) is 0.444. The van der Waals surface area contributed by atoms with E-state index in [4.69, 9.17) is 4.52 Å². The molecule has 0 spiro atoms. The lowest BCUT2D eigenvalue weighted by Crippen LogP contribution is -2.60. The largest absolute Gasteiger partial charge is 0.614 e. The highest BCUT2D eigenvalue weighted by Crippen LogP contribution is 2.23. The fraction of sp³-hybridized carbons (Fsp3) is 0.677. The van der Waals surface area contributed by atoms with Crippen molar-refractivity contribution in [2.45, 2.75) is 110 Å². The molecule has 2 rings (SSSR count). The quantitative estimate of drug-likeness (QED) is 0.0609. The molecule has 2 heterocycles. The van der Waals surface area contributed by atoms with Gasteiger partial charge in [-0.3, -0.25) is 33.6 Å². The number of esters is 1. The zero-order valence-corrected chi connectivity index (χ0v) is 30.8. The Morgan fingerprint density at radius 2 is 1.61 bits per heavy atom. The number of ketones is 1. The minimum atomic E-state index is -2.69. The number of likely N-dealkylation sites (tertiary alicyclic amines) is 1. The highest BCUT2D eigenvalue weighted by Gasteiger charge is 2.38. The van der Waals surface area contributed by atoms with Crippen LogP contribution < -0.4 is 26.4 Å². The van der Waals surface area contributed by atoms with E-state index in [-0.39, 0.29) is 24.7 Å². The van der Waals surface area contributed by atoms with Crippen LogP contribution in [0.5, 0.6) is 0 Å². The monoisotopic (exact) mass is 741 g/mol. The molecule has 0 radical (unpaired) electrons. The van der Waals surface area contributed by atoms with Crippen molar-refractivity contribution >= 4 is 49.5 Å². The Labute approximate surface area is 297 Å². The van der Waals surface area contributed by atoms with E-state index >= 15 is 0 Å². The van der Waals surface area contributed by atoms with Crippen molar-refractivity contribution in [3.8, 4) is 0 Å². The number of aliphatic hydroxyl groups excluding tert-OH is 1. The van der Waals surface area contributed by atoms with Crippen molar-refractivity contribution in [3.63, 3.8) is 0 Å². The standard InChI is InChI=1S/C31H49N8O11P/c1-16(2)11-22(35-30(46)25-9-8-10-39(25)20(6)42)27(43)34-23(12-21-13-32-15-33-21)28(44)36-24(14-40)29(45)37-26(18(4)41)19(5)50-51(48)38-17(3)31(47)49-7/h13,15-17,19,22-26,40H,8-12,14H2,1-7H3,(H5-,32,33,34,35,36,37,38,43,44,45,46,48)/p+1/t17-,19+,22-,23-,24-,25-,26+/m0/s1. The number of nitrogens with zero attached hydrogens (tertiary/aromatic N) is 2. The first-order valence-corrected chi connectivity index (χ1v) is 17.7. The summed E-state index contributed by atoms with van der Waals surface area (Å²) >= 11 is 0. The smallest absolute Gasteiger partial charge is 0.468 e. The lowest BCUT2D eigenvalue weighted by atomic mass is 10.0. The molecule has 0 aromatic carbocycles. The predicted octanol–water partition coefficient (Wildman–Crippen LogP) is -1.26. The average Bonchev–Trinajstić information content (AvgIpc) is 3.77. The number of carbonyl (C=O) groups is 7. The first kappa shape index (κ1) is 42.8. The fourth-order valence-electron chi connectivity index (χ4n) is 5.38. The maximum atomic E-state index is 13.6. The highest BCUT2D eigenvalue weighted by molar-refractivity contribution is 7.36. The normalized spacial score (nSPS) is 18.0. The van der Waals surface area contributed by atoms with Crippen LogP contribution in [0.1, 0.15) is 66.5 Å². The second-order valence-corrected chi connectivity index (χ2v) is 13.7. The van der Waals surface area contributed by atoms with E-state index in [2.05, 4.69) is 41.1 Å². The van der Waals surface area contributed by atoms with E-state index in [9.17, 15) is 43.2 Å². The lowest BCUT2D eigenvalue weighted by molar-refractivity contribution is -0.142. The third-order valence-electron chi connectivity index (χ3n) is 8.05. The Morgan fingerprint density at radius 3 is 2.16 bits per heavy atom. The zero-order chi connectivity index (χ0) is 38.4. The Morgan fingerprint density at radius 1 is 0.980 bits per heavy atom. The van der Waals surface area contributed by atoms with Gasteiger partial charge >= 0.3 is 14.1 Å². The number of H-pyrrole nitrogens is 1. The van der Waals surface area contributed by atoms with Gasteiger partial charge in [-0.2, -0.15) is 0 Å². The van der Waals surface area contributed by atoms with Gasteiger partial charge in [0.05, 0.1) is 20.0 Å². The SMILES string of the molecule is COC(=O)[C@H](C)N[P+](=O)O[C@H](C)[C@H](NC(=O)[C@H](CO)NC(=O)[C@H](Cc1cnc[nH]1)NC(=O)[C@H](CC(C)C)NC(=O)[C@@H]1CCCN1C(C)=O)C(C)=O. The van der Waals surface area contributed by atoms with E-state index in [1.165, 1.54) is 38.2 Å². The number of hydrogen-bond donors (Lipinski definition) is 7. The molecule has 1 aromatic heterocycles. The third-order valence-corrected chi connectivity index (χ3v) is 9.17. The van der Waals surface area contributed by atoms with Crippen LogP contribution in [0.4, 0.5) is 0 Å². The van der Waals surface area contributed by atoms with Crippen LogP contribution in [-0.2, 0) is 53.8 Å². The Bertz CT molecular complexity index is 1410. The van der Waals surface area contributed by atoms with Gasteiger partial charge in [0, 0.05) is 31.8 Å². The summed E-state index contributed by atoms with van der Waals surface area (Å²) in [6.07, 6.45) is 2.77. The molecule has 1 fully saturated rings. The van der Waals surface area contributed by atoms with E-state index in [1.807, 2.05) is 13.8 Å². The van der Waals surface area contributed by atoms with Crippen molar-refractivity contribution in [3.05, 3.63) is 18.2 Å². The fourth-order valence-corrected chi connectivity index (χ4v) is 6.29. The number of carbonyl (C=O) groups excluding carboxylic acids is 7. The molecule has 8 atom stereocenters. The van der Waals surface area contributed by atoms with Gasteiger partial charge in [-0.05, 0) is 50.5 Å². The zero-order valence-electron chi connectivity index (χ0n) is 29.9. The first-order chi connectivity index (χ1) is 24.0. The lowest BCUT2D eigenvalue weighted by Gasteiger charge is -2.28. The van der Waals surface area contributed by atoms with Gasteiger partial charge in [0.1, 0.15) is 42.4 Å². The highest BCUT2D eigenvalue weighted by atomic mass is 31.1. The van der Waals surface area contributed by atoms with Crippen molar-refractivity contribution in [2.75, 3.05) is 20.3 Å². The topological polar surface area (TPSA) is 267 Å². The van der Waals surface area contributed by atoms with Gasteiger partial charge in [0.25, 0.3) is 0 Å². The maximum absolute atomic E-state index is 13.6. The molecule has 1 aliphatic heterocycles. The van der Waals surface area contributed by atoms with Gasteiger partial charge in [-0.15, -0.1) is 4.52 Å². The summed E-state index contributed by atoms with van der Waals surface area (Å²) in [7, 11) is -1.54. The summed E-state index contributed by atoms with van der Waals surface area (Å²) in [5, 5.41) is 22.5. The van der Waals surface area contributed by atoms with Crippen LogP contribution in [0.2, 0.25) is 0 Å². The minimum Gasteiger partial charge on any atom is -0.468 e. The van der Waals surface area contributed by atoms with E-state index in [0.29, 0.717) is 25.1 Å². The number of ether oxygens (including phenoxy) is 1. The molecule has 284 valence electrons. The van der Waals surface area contributed by atoms with E-state index in [0.717, 1.165) is 14.0 Å².